The van der Waals surface area contributed by atoms with Crippen LogP contribution in [0.25, 0.3) is 6.08 Å². The molecule has 212 valence electrons. The molecule has 2 N–H and O–H groups in total. The number of imide groups is 2. The van der Waals surface area contributed by atoms with E-state index in [0.29, 0.717) is 22.7 Å². The second-order valence-electron chi connectivity index (χ2n) is 8.48. The third-order valence-electron chi connectivity index (χ3n) is 5.80. The zero-order valence-electron chi connectivity index (χ0n) is 22.4. The number of nitrogens with zero attached hydrogens (tertiary/aromatic N) is 1. The first-order valence-electron chi connectivity index (χ1n) is 12.3. The van der Waals surface area contributed by atoms with Gasteiger partial charge in [-0.3, -0.25) is 19.7 Å². The molecule has 41 heavy (non-hydrogen) atoms. The molecule has 0 aromatic heterocycles. The standard InChI is InChI=1S/C29H26ClN3O8/c1-4-40-24-15-17(14-23(30)26(24)41-16-25(34)31-18-5-9-20(38-2)10-6-18)13-22-27(35)32-29(37)33(28(22)36)19-7-11-21(39-3)12-8-19/h5-15H,4,16H2,1-3H3,(H,31,34)(H,32,35,37)/b22-13+. The number of hydrogen-bond donors (Lipinski definition) is 2. The number of nitrogens with one attached hydrogen (secondary N) is 2. The van der Waals surface area contributed by atoms with Gasteiger partial charge in [-0.05, 0) is 79.2 Å². The SMILES string of the molecule is CCOc1cc(/C=C2\C(=O)NC(=O)N(c3ccc(OC)cc3)C2=O)cc(Cl)c1OCC(=O)Nc1ccc(OC)cc1. The van der Waals surface area contributed by atoms with Gasteiger partial charge in [0, 0.05) is 5.69 Å². The summed E-state index contributed by atoms with van der Waals surface area (Å²) in [7, 11) is 3.03. The molecular weight excluding hydrogens is 554 g/mol. The van der Waals surface area contributed by atoms with Crippen molar-refractivity contribution < 1.29 is 38.1 Å². The van der Waals surface area contributed by atoms with Gasteiger partial charge in [-0.2, -0.15) is 0 Å². The average Bonchev–Trinajstić information content (AvgIpc) is 2.95. The van der Waals surface area contributed by atoms with Crippen LogP contribution in [-0.2, 0) is 14.4 Å². The van der Waals surface area contributed by atoms with Crippen LogP contribution in [0.1, 0.15) is 12.5 Å². The predicted octanol–water partition coefficient (Wildman–Crippen LogP) is 4.44. The van der Waals surface area contributed by atoms with Crippen LogP contribution >= 0.6 is 11.6 Å². The van der Waals surface area contributed by atoms with E-state index in [4.69, 9.17) is 30.5 Å². The van der Waals surface area contributed by atoms with Crippen LogP contribution in [0.15, 0.2) is 66.2 Å². The molecule has 1 aliphatic heterocycles. The lowest BCUT2D eigenvalue weighted by atomic mass is 10.1. The van der Waals surface area contributed by atoms with Crippen molar-refractivity contribution in [3.05, 3.63) is 76.8 Å². The number of carbonyl (C=O) groups is 4. The predicted molar refractivity (Wildman–Crippen MR) is 152 cm³/mol. The van der Waals surface area contributed by atoms with Crippen molar-refractivity contribution in [1.29, 1.82) is 0 Å². The summed E-state index contributed by atoms with van der Waals surface area (Å²) in [5.41, 5.74) is 0.828. The molecule has 1 heterocycles. The molecule has 3 aromatic rings. The van der Waals surface area contributed by atoms with Gasteiger partial charge in [-0.25, -0.2) is 9.69 Å². The molecule has 0 spiro atoms. The van der Waals surface area contributed by atoms with Crippen LogP contribution in [-0.4, -0.2) is 51.2 Å². The number of barbiturate groups is 1. The second kappa shape index (κ2) is 12.9. The average molecular weight is 580 g/mol. The summed E-state index contributed by atoms with van der Waals surface area (Å²) in [5.74, 6) is -0.652. The van der Waals surface area contributed by atoms with Gasteiger partial charge in [0.15, 0.2) is 18.1 Å². The summed E-state index contributed by atoms with van der Waals surface area (Å²) in [6.07, 6.45) is 1.29. The fourth-order valence-corrected chi connectivity index (χ4v) is 4.15. The summed E-state index contributed by atoms with van der Waals surface area (Å²) in [6.45, 7) is 1.62. The molecule has 11 nitrogen and oxygen atoms in total. The van der Waals surface area contributed by atoms with Gasteiger partial charge < -0.3 is 24.3 Å². The van der Waals surface area contributed by atoms with Crippen molar-refractivity contribution in [3.63, 3.8) is 0 Å². The van der Waals surface area contributed by atoms with E-state index in [-0.39, 0.29) is 41.0 Å². The van der Waals surface area contributed by atoms with E-state index in [0.717, 1.165) is 4.90 Å². The number of methoxy groups -OCH3 is 2. The zero-order chi connectivity index (χ0) is 29.5. The lowest BCUT2D eigenvalue weighted by Gasteiger charge is -2.26. The van der Waals surface area contributed by atoms with E-state index in [1.165, 1.54) is 37.5 Å². The Kier molecular flexibility index (Phi) is 9.10. The Morgan fingerprint density at radius 2 is 1.59 bits per heavy atom. The minimum atomic E-state index is -0.882. The smallest absolute Gasteiger partial charge is 0.335 e. The van der Waals surface area contributed by atoms with E-state index in [2.05, 4.69) is 10.6 Å². The molecule has 0 unspecified atom stereocenters. The number of hydrogen-bond acceptors (Lipinski definition) is 8. The van der Waals surface area contributed by atoms with Crippen molar-refractivity contribution >= 4 is 52.8 Å². The largest absolute Gasteiger partial charge is 0.497 e. The number of ether oxygens (including phenoxy) is 4. The molecule has 1 saturated heterocycles. The number of benzene rings is 3. The van der Waals surface area contributed by atoms with Gasteiger partial charge >= 0.3 is 6.03 Å². The molecule has 1 fully saturated rings. The Labute approximate surface area is 240 Å². The van der Waals surface area contributed by atoms with Crippen molar-refractivity contribution in [2.75, 3.05) is 37.7 Å². The van der Waals surface area contributed by atoms with Crippen molar-refractivity contribution in [2.45, 2.75) is 6.92 Å². The Balaban J connectivity index is 1.55. The van der Waals surface area contributed by atoms with Crippen LogP contribution in [0.4, 0.5) is 16.2 Å². The van der Waals surface area contributed by atoms with Crippen LogP contribution in [0, 0.1) is 0 Å². The normalized spacial score (nSPS) is 14.0. The fourth-order valence-electron chi connectivity index (χ4n) is 3.87. The highest BCUT2D eigenvalue weighted by atomic mass is 35.5. The summed E-state index contributed by atoms with van der Waals surface area (Å²) in [4.78, 5) is 51.6. The quantitative estimate of drug-likeness (QED) is 0.266. The van der Waals surface area contributed by atoms with Crippen LogP contribution in [0.2, 0.25) is 5.02 Å². The van der Waals surface area contributed by atoms with Crippen molar-refractivity contribution in [2.24, 2.45) is 0 Å². The van der Waals surface area contributed by atoms with Gasteiger partial charge in [0.25, 0.3) is 17.7 Å². The van der Waals surface area contributed by atoms with Gasteiger partial charge in [-0.1, -0.05) is 11.6 Å². The summed E-state index contributed by atoms with van der Waals surface area (Å²) in [6, 6.07) is 15.1. The molecule has 0 atom stereocenters. The maximum Gasteiger partial charge on any atom is 0.335 e. The fraction of sp³-hybridized carbons (Fsp3) is 0.172. The molecule has 0 radical (unpaired) electrons. The van der Waals surface area contributed by atoms with Crippen LogP contribution in [0.5, 0.6) is 23.0 Å². The van der Waals surface area contributed by atoms with Gasteiger partial charge in [0.1, 0.15) is 17.1 Å². The highest BCUT2D eigenvalue weighted by molar-refractivity contribution is 6.39. The highest BCUT2D eigenvalue weighted by Crippen LogP contribution is 2.37. The lowest BCUT2D eigenvalue weighted by molar-refractivity contribution is -0.122. The second-order valence-corrected chi connectivity index (χ2v) is 8.89. The minimum absolute atomic E-state index is 0.0757. The summed E-state index contributed by atoms with van der Waals surface area (Å²) in [5, 5.41) is 4.95. The van der Waals surface area contributed by atoms with E-state index in [9.17, 15) is 19.2 Å². The lowest BCUT2D eigenvalue weighted by Crippen LogP contribution is -2.54. The number of halogens is 1. The molecule has 0 aliphatic carbocycles. The summed E-state index contributed by atoms with van der Waals surface area (Å²) < 4.78 is 21.5. The van der Waals surface area contributed by atoms with E-state index in [1.54, 1.807) is 50.4 Å². The molecule has 3 aromatic carbocycles. The third-order valence-corrected chi connectivity index (χ3v) is 6.08. The van der Waals surface area contributed by atoms with E-state index in [1.807, 2.05) is 0 Å². The van der Waals surface area contributed by atoms with Gasteiger partial charge in [0.05, 0.1) is 31.5 Å². The number of carbonyl (C=O) groups excluding carboxylic acids is 4. The topological polar surface area (TPSA) is 132 Å². The first-order valence-corrected chi connectivity index (χ1v) is 12.7. The van der Waals surface area contributed by atoms with Crippen molar-refractivity contribution in [3.8, 4) is 23.0 Å². The first kappa shape index (κ1) is 29.0. The van der Waals surface area contributed by atoms with Crippen molar-refractivity contribution in [1.82, 2.24) is 5.32 Å². The van der Waals surface area contributed by atoms with Gasteiger partial charge in [-0.15, -0.1) is 0 Å². The first-order chi connectivity index (χ1) is 19.7. The maximum atomic E-state index is 13.2. The molecule has 1 aliphatic rings. The maximum absolute atomic E-state index is 13.2. The Bertz CT molecular complexity index is 1500. The molecule has 12 heteroatoms. The Hall–Kier alpha value is -5.03. The molecule has 0 saturated carbocycles. The third kappa shape index (κ3) is 6.76. The summed E-state index contributed by atoms with van der Waals surface area (Å²) >= 11 is 6.47. The van der Waals surface area contributed by atoms with Crippen LogP contribution < -0.4 is 34.5 Å². The molecule has 4 rings (SSSR count). The monoisotopic (exact) mass is 579 g/mol. The van der Waals surface area contributed by atoms with E-state index >= 15 is 0 Å². The zero-order valence-corrected chi connectivity index (χ0v) is 23.1. The number of rotatable bonds is 10. The Morgan fingerprint density at radius 1 is 0.951 bits per heavy atom. The number of anilines is 2. The highest BCUT2D eigenvalue weighted by Gasteiger charge is 2.37. The molecule has 0 bridgehead atoms. The molecule has 5 amide bonds. The minimum Gasteiger partial charge on any atom is -0.497 e. The number of urea groups is 1. The van der Waals surface area contributed by atoms with Crippen LogP contribution in [0.3, 0.4) is 0 Å². The molecular formula is C29H26ClN3O8. The number of amides is 5. The van der Waals surface area contributed by atoms with Gasteiger partial charge in [0.2, 0.25) is 0 Å². The van der Waals surface area contributed by atoms with E-state index < -0.39 is 23.8 Å². The Morgan fingerprint density at radius 3 is 2.20 bits per heavy atom.